The average Bonchev–Trinajstić information content (AvgIpc) is 3.12. The van der Waals surface area contributed by atoms with E-state index in [1.54, 1.807) is 41.1 Å². The van der Waals surface area contributed by atoms with Crippen LogP contribution in [-0.2, 0) is 4.79 Å². The zero-order valence-electron chi connectivity index (χ0n) is 15.6. The first-order valence-corrected chi connectivity index (χ1v) is 10.4. The van der Waals surface area contributed by atoms with Gasteiger partial charge in [0.2, 0.25) is 11.1 Å². The van der Waals surface area contributed by atoms with Gasteiger partial charge in [-0.15, -0.1) is 5.10 Å². The number of benzene rings is 2. The number of halogens is 2. The zero-order valence-corrected chi connectivity index (χ0v) is 17.2. The van der Waals surface area contributed by atoms with Crippen molar-refractivity contribution >= 4 is 40.9 Å². The summed E-state index contributed by atoms with van der Waals surface area (Å²) >= 11 is 7.33. The Bertz CT molecular complexity index is 1100. The van der Waals surface area contributed by atoms with Crippen molar-refractivity contribution in [3.05, 3.63) is 76.2 Å². The van der Waals surface area contributed by atoms with Gasteiger partial charge in [0.05, 0.1) is 5.57 Å². The van der Waals surface area contributed by atoms with Crippen molar-refractivity contribution in [1.82, 2.24) is 14.8 Å². The predicted octanol–water partition coefficient (Wildman–Crippen LogP) is 4.72. The van der Waals surface area contributed by atoms with E-state index < -0.39 is 6.04 Å². The highest BCUT2D eigenvalue weighted by Gasteiger charge is 2.34. The molecule has 1 aliphatic heterocycles. The monoisotopic (exact) mass is 429 g/mol. The largest absolute Gasteiger partial charge is 0.328 e. The first-order chi connectivity index (χ1) is 14.0. The third-order valence-corrected chi connectivity index (χ3v) is 5.34. The molecule has 6 nitrogen and oxygen atoms in total. The molecule has 0 aliphatic carbocycles. The molecule has 2 N–H and O–H groups in total. The van der Waals surface area contributed by atoms with E-state index in [0.717, 1.165) is 5.56 Å². The summed E-state index contributed by atoms with van der Waals surface area (Å²) < 4.78 is 15.2. The number of carbonyl (C=O) groups is 1. The molecule has 0 unspecified atom stereocenters. The van der Waals surface area contributed by atoms with E-state index in [-0.39, 0.29) is 11.7 Å². The van der Waals surface area contributed by atoms with Crippen molar-refractivity contribution in [3.63, 3.8) is 0 Å². The zero-order chi connectivity index (χ0) is 20.5. The summed E-state index contributed by atoms with van der Waals surface area (Å²) in [6, 6.07) is 12.4. The Kier molecular flexibility index (Phi) is 5.29. The number of amides is 1. The van der Waals surface area contributed by atoms with Gasteiger partial charge in [0.15, 0.2) is 0 Å². The van der Waals surface area contributed by atoms with E-state index in [9.17, 15) is 9.18 Å². The van der Waals surface area contributed by atoms with Crippen molar-refractivity contribution in [2.75, 3.05) is 16.9 Å². The van der Waals surface area contributed by atoms with Gasteiger partial charge in [-0.1, -0.05) is 35.5 Å². The van der Waals surface area contributed by atoms with Crippen molar-refractivity contribution in [2.45, 2.75) is 18.1 Å². The number of thioether (sulfide) groups is 1. The minimum absolute atomic E-state index is 0.293. The van der Waals surface area contributed by atoms with Crippen LogP contribution in [0, 0.1) is 5.82 Å². The fourth-order valence-corrected chi connectivity index (χ4v) is 3.67. The number of hydrogen-bond acceptors (Lipinski definition) is 5. The Hall–Kier alpha value is -2.84. The Morgan fingerprint density at radius 3 is 2.55 bits per heavy atom. The normalized spacial score (nSPS) is 15.7. The van der Waals surface area contributed by atoms with Gasteiger partial charge in [0.1, 0.15) is 11.9 Å². The molecule has 3 aromatic rings. The molecule has 0 saturated heterocycles. The maximum Gasteiger partial charge on any atom is 0.255 e. The number of nitrogens with zero attached hydrogens (tertiary/aromatic N) is 3. The third-order valence-electron chi connectivity index (χ3n) is 4.55. The number of fused-ring (bicyclic) bond motifs is 1. The molecule has 29 heavy (non-hydrogen) atoms. The number of carbonyl (C=O) groups excluding carboxylic acids is 1. The van der Waals surface area contributed by atoms with Gasteiger partial charge in [-0.05, 0) is 55.1 Å². The van der Waals surface area contributed by atoms with E-state index in [1.165, 1.54) is 23.9 Å². The topological polar surface area (TPSA) is 71.8 Å². The SMILES string of the molecule is CSc1nc2n(n1)[C@@H](c1ccc(F)cc1)C(C(=O)Nc1ccc(Cl)cc1)=C(C)N2. The van der Waals surface area contributed by atoms with Gasteiger partial charge in [-0.2, -0.15) is 4.98 Å². The molecule has 4 rings (SSSR count). The van der Waals surface area contributed by atoms with Crippen LogP contribution in [0.25, 0.3) is 0 Å². The van der Waals surface area contributed by atoms with Crippen LogP contribution in [0.2, 0.25) is 5.02 Å². The molecule has 2 heterocycles. The van der Waals surface area contributed by atoms with E-state index >= 15 is 0 Å². The molecule has 1 aliphatic rings. The lowest BCUT2D eigenvalue weighted by Crippen LogP contribution is -2.31. The van der Waals surface area contributed by atoms with E-state index in [0.29, 0.717) is 33.1 Å². The van der Waals surface area contributed by atoms with E-state index in [1.807, 2.05) is 13.2 Å². The van der Waals surface area contributed by atoms with Gasteiger partial charge in [-0.25, -0.2) is 9.07 Å². The molecule has 1 atom stereocenters. The average molecular weight is 430 g/mol. The highest BCUT2D eigenvalue weighted by atomic mass is 35.5. The molecule has 9 heteroatoms. The van der Waals surface area contributed by atoms with E-state index in [2.05, 4.69) is 20.7 Å². The lowest BCUT2D eigenvalue weighted by atomic mass is 9.95. The highest BCUT2D eigenvalue weighted by Crippen LogP contribution is 2.36. The molecule has 0 fully saturated rings. The smallest absolute Gasteiger partial charge is 0.255 e. The Labute approximate surface area is 176 Å². The summed E-state index contributed by atoms with van der Waals surface area (Å²) in [6.45, 7) is 1.81. The van der Waals surface area contributed by atoms with Gasteiger partial charge in [0.25, 0.3) is 5.91 Å². The van der Waals surface area contributed by atoms with Gasteiger partial charge < -0.3 is 10.6 Å². The standard InChI is InChI=1S/C20H17ClFN5OS/c1-11-16(18(28)24-15-9-5-13(21)6-10-15)17(12-3-7-14(22)8-4-12)27-19(23-11)25-20(26-27)29-2/h3-10,17H,1-2H3,(H,24,28)(H,23,25,26)/t17-/m0/s1. The molecular formula is C20H17ClFN5OS. The van der Waals surface area contributed by atoms with Crippen LogP contribution in [-0.4, -0.2) is 26.9 Å². The maximum absolute atomic E-state index is 13.5. The summed E-state index contributed by atoms with van der Waals surface area (Å²) in [4.78, 5) is 17.7. The summed E-state index contributed by atoms with van der Waals surface area (Å²) in [5.41, 5.74) is 2.47. The van der Waals surface area contributed by atoms with Crippen LogP contribution >= 0.6 is 23.4 Å². The van der Waals surface area contributed by atoms with Crippen LogP contribution < -0.4 is 10.6 Å². The molecule has 148 valence electrons. The molecule has 0 radical (unpaired) electrons. The Morgan fingerprint density at radius 2 is 1.90 bits per heavy atom. The second-order valence-corrected chi connectivity index (χ2v) is 7.66. The van der Waals surface area contributed by atoms with Gasteiger partial charge >= 0.3 is 0 Å². The highest BCUT2D eigenvalue weighted by molar-refractivity contribution is 7.98. The second kappa shape index (κ2) is 7.88. The van der Waals surface area contributed by atoms with Crippen LogP contribution in [0.15, 0.2) is 65.0 Å². The van der Waals surface area contributed by atoms with Gasteiger partial charge in [-0.3, -0.25) is 4.79 Å². The molecule has 0 spiro atoms. The number of aromatic nitrogens is 3. The van der Waals surface area contributed by atoms with Crippen molar-refractivity contribution in [1.29, 1.82) is 0 Å². The summed E-state index contributed by atoms with van der Waals surface area (Å²) in [7, 11) is 0. The Morgan fingerprint density at radius 1 is 1.21 bits per heavy atom. The quantitative estimate of drug-likeness (QED) is 0.587. The Balaban J connectivity index is 1.77. The molecule has 1 aromatic heterocycles. The first-order valence-electron chi connectivity index (χ1n) is 8.77. The van der Waals surface area contributed by atoms with Crippen LogP contribution in [0.4, 0.5) is 16.0 Å². The predicted molar refractivity (Wildman–Crippen MR) is 113 cm³/mol. The van der Waals surface area contributed by atoms with Crippen LogP contribution in [0.5, 0.6) is 0 Å². The van der Waals surface area contributed by atoms with Crippen LogP contribution in [0.1, 0.15) is 18.5 Å². The number of rotatable bonds is 4. The van der Waals surface area contributed by atoms with Crippen LogP contribution in [0.3, 0.4) is 0 Å². The number of hydrogen-bond donors (Lipinski definition) is 2. The molecular weight excluding hydrogens is 413 g/mol. The number of allylic oxidation sites excluding steroid dienone is 1. The van der Waals surface area contributed by atoms with E-state index in [4.69, 9.17) is 11.6 Å². The number of nitrogens with one attached hydrogen (secondary N) is 2. The molecule has 0 bridgehead atoms. The maximum atomic E-state index is 13.5. The second-order valence-electron chi connectivity index (χ2n) is 6.45. The lowest BCUT2D eigenvalue weighted by molar-refractivity contribution is -0.113. The molecule has 1 amide bonds. The molecule has 2 aromatic carbocycles. The lowest BCUT2D eigenvalue weighted by Gasteiger charge is -2.28. The fourth-order valence-electron chi connectivity index (χ4n) is 3.20. The summed E-state index contributed by atoms with van der Waals surface area (Å²) in [5.74, 6) is -0.109. The minimum Gasteiger partial charge on any atom is -0.328 e. The fraction of sp³-hybridized carbons (Fsp3) is 0.150. The first kappa shape index (κ1) is 19.5. The minimum atomic E-state index is -0.549. The summed E-state index contributed by atoms with van der Waals surface area (Å²) in [6.07, 6.45) is 1.88. The third kappa shape index (κ3) is 3.86. The molecule has 0 saturated carbocycles. The van der Waals surface area contributed by atoms with Crippen molar-refractivity contribution < 1.29 is 9.18 Å². The van der Waals surface area contributed by atoms with Gasteiger partial charge in [0, 0.05) is 16.4 Å². The van der Waals surface area contributed by atoms with Crippen molar-refractivity contribution in [2.24, 2.45) is 0 Å². The number of anilines is 2. The van der Waals surface area contributed by atoms with Crippen molar-refractivity contribution in [3.8, 4) is 0 Å². The summed E-state index contributed by atoms with van der Waals surface area (Å²) in [5, 5.41) is 11.7.